The molecule has 0 bridgehead atoms. The highest BCUT2D eigenvalue weighted by Gasteiger charge is 2.22. The number of hydrogen-bond acceptors (Lipinski definition) is 7. The minimum Gasteiger partial charge on any atom is -0.474 e. The Hall–Kier alpha value is -2.55. The highest BCUT2D eigenvalue weighted by Crippen LogP contribution is 2.33. The lowest BCUT2D eigenvalue weighted by Crippen LogP contribution is -2.34. The van der Waals surface area contributed by atoms with Gasteiger partial charge < -0.3 is 10.5 Å². The lowest BCUT2D eigenvalue weighted by atomic mass is 10.1. The van der Waals surface area contributed by atoms with Crippen LogP contribution in [0.3, 0.4) is 0 Å². The number of imidazole rings is 1. The van der Waals surface area contributed by atoms with E-state index in [0.717, 1.165) is 48.8 Å². The molecule has 4 heterocycles. The van der Waals surface area contributed by atoms with Crippen molar-refractivity contribution in [3.63, 3.8) is 0 Å². The second-order valence-electron chi connectivity index (χ2n) is 7.52. The predicted molar refractivity (Wildman–Crippen MR) is 132 cm³/mol. The molecule has 9 heteroatoms. The fourth-order valence-electron chi connectivity index (χ4n) is 3.70. The number of nitrogens with zero attached hydrogens (tertiary/aromatic N) is 5. The van der Waals surface area contributed by atoms with Gasteiger partial charge in [0.25, 0.3) is 0 Å². The number of benzene rings is 1. The van der Waals surface area contributed by atoms with Crippen LogP contribution in [0.5, 0.6) is 5.88 Å². The molecule has 0 amide bonds. The topological polar surface area (TPSA) is 81.6 Å². The first-order chi connectivity index (χ1) is 15.6. The van der Waals surface area contributed by atoms with Crippen LogP contribution in [0.1, 0.15) is 25.5 Å². The van der Waals surface area contributed by atoms with Crippen LogP contribution < -0.4 is 10.5 Å². The molecule has 1 fully saturated rings. The molecule has 0 radical (unpaired) electrons. The van der Waals surface area contributed by atoms with E-state index in [1.54, 1.807) is 41.1 Å². The van der Waals surface area contributed by atoms with Gasteiger partial charge in [-0.25, -0.2) is 14.5 Å². The van der Waals surface area contributed by atoms with Crippen molar-refractivity contribution in [3.8, 4) is 5.88 Å². The Balaban J connectivity index is 0.000000203. The normalized spacial score (nSPS) is 15.0. The first-order valence-electron chi connectivity index (χ1n) is 10.7. The fourth-order valence-corrected chi connectivity index (χ4v) is 4.54. The molecule has 0 aliphatic carbocycles. The summed E-state index contributed by atoms with van der Waals surface area (Å²) in [4.78, 5) is 8.68. The van der Waals surface area contributed by atoms with Gasteiger partial charge in [0, 0.05) is 31.2 Å². The van der Waals surface area contributed by atoms with Crippen molar-refractivity contribution in [2.45, 2.75) is 32.3 Å². The maximum atomic E-state index is 6.39. The predicted octanol–water partition coefficient (Wildman–Crippen LogP) is 4.88. The number of nitrogens with two attached hydrogens (primary N) is 1. The Morgan fingerprint density at radius 3 is 2.75 bits per heavy atom. The van der Waals surface area contributed by atoms with E-state index < -0.39 is 0 Å². The smallest absolute Gasteiger partial charge is 0.223 e. The maximum absolute atomic E-state index is 6.39. The van der Waals surface area contributed by atoms with E-state index in [9.17, 15) is 0 Å². The van der Waals surface area contributed by atoms with Crippen LogP contribution >= 0.6 is 23.5 Å². The molecular formula is C23H27ClN6OS. The summed E-state index contributed by atoms with van der Waals surface area (Å²) < 4.78 is 10.3. The number of pyridine rings is 1. The highest BCUT2D eigenvalue weighted by atomic mass is 35.5. The number of halogens is 1. The molecule has 1 aliphatic heterocycles. The summed E-state index contributed by atoms with van der Waals surface area (Å²) in [5.74, 6) is 0.697. The van der Waals surface area contributed by atoms with E-state index >= 15 is 0 Å². The summed E-state index contributed by atoms with van der Waals surface area (Å²) in [7, 11) is 0. The maximum Gasteiger partial charge on any atom is 0.223 e. The molecule has 1 aliphatic rings. The molecule has 1 saturated heterocycles. The van der Waals surface area contributed by atoms with Crippen molar-refractivity contribution in [2.75, 3.05) is 25.1 Å². The van der Waals surface area contributed by atoms with Crippen LogP contribution in [-0.4, -0.2) is 49.3 Å². The highest BCUT2D eigenvalue weighted by molar-refractivity contribution is 7.96. The third-order valence-electron chi connectivity index (χ3n) is 5.45. The van der Waals surface area contributed by atoms with Crippen molar-refractivity contribution in [2.24, 2.45) is 0 Å². The lowest BCUT2D eigenvalue weighted by Gasteiger charge is -2.30. The molecule has 0 unspecified atom stereocenters. The molecular weight excluding hydrogens is 444 g/mol. The number of anilines is 1. The Morgan fingerprint density at radius 1 is 1.22 bits per heavy atom. The molecule has 1 aromatic carbocycles. The zero-order valence-corrected chi connectivity index (χ0v) is 19.8. The second kappa shape index (κ2) is 10.4. The van der Waals surface area contributed by atoms with E-state index in [1.807, 2.05) is 12.1 Å². The van der Waals surface area contributed by atoms with Gasteiger partial charge in [0.15, 0.2) is 5.65 Å². The van der Waals surface area contributed by atoms with Gasteiger partial charge in [-0.3, -0.25) is 4.31 Å². The van der Waals surface area contributed by atoms with Gasteiger partial charge in [-0.05, 0) is 49.1 Å². The third-order valence-corrected chi connectivity index (χ3v) is 6.65. The average molecular weight is 471 g/mol. The monoisotopic (exact) mass is 470 g/mol. The lowest BCUT2D eigenvalue weighted by molar-refractivity contribution is 0.135. The number of aromatic nitrogens is 4. The van der Waals surface area contributed by atoms with Crippen LogP contribution in [0.2, 0.25) is 5.02 Å². The largest absolute Gasteiger partial charge is 0.474 e. The Labute approximate surface area is 197 Å². The molecule has 2 N–H and O–H groups in total. The van der Waals surface area contributed by atoms with Crippen LogP contribution in [0, 0.1) is 0 Å². The molecule has 0 atom stereocenters. The molecule has 0 spiro atoms. The fraction of sp³-hybridized carbons (Fsp3) is 0.348. The van der Waals surface area contributed by atoms with Crippen LogP contribution in [-0.2, 0) is 6.42 Å². The van der Waals surface area contributed by atoms with Crippen molar-refractivity contribution in [3.05, 3.63) is 59.6 Å². The SMILES string of the molecule is CCc1cc2cccc(Cl)c2c(OC2CCN(SC)CC2)n1.Nc1ccnn2ccnc12. The number of fused-ring (bicyclic) bond motifs is 2. The Kier molecular flexibility index (Phi) is 7.34. The summed E-state index contributed by atoms with van der Waals surface area (Å²) in [6, 6.07) is 9.78. The summed E-state index contributed by atoms with van der Waals surface area (Å²) in [5, 5.41) is 6.73. The zero-order valence-electron chi connectivity index (χ0n) is 18.2. The van der Waals surface area contributed by atoms with Crippen LogP contribution in [0.25, 0.3) is 16.4 Å². The average Bonchev–Trinajstić information content (AvgIpc) is 3.30. The van der Waals surface area contributed by atoms with Crippen LogP contribution in [0.4, 0.5) is 5.69 Å². The van der Waals surface area contributed by atoms with E-state index in [1.165, 1.54) is 0 Å². The van der Waals surface area contributed by atoms with E-state index in [4.69, 9.17) is 22.1 Å². The first-order valence-corrected chi connectivity index (χ1v) is 12.2. The standard InChI is InChI=1S/C17H21ClN2OS.C6H6N4/c1-3-13-11-12-5-4-6-15(18)16(12)17(19-13)21-14-7-9-20(22-2)10-8-14;7-5-1-2-9-10-4-3-8-6(5)10/h4-6,11,14H,3,7-10H2,1-2H3;1-4H,7H2. The minimum absolute atomic E-state index is 0.225. The number of aryl methyl sites for hydroxylation is 1. The zero-order chi connectivity index (χ0) is 22.5. The van der Waals surface area contributed by atoms with Gasteiger partial charge in [-0.1, -0.05) is 42.6 Å². The Bertz CT molecular complexity index is 1190. The van der Waals surface area contributed by atoms with Crippen molar-refractivity contribution in [1.82, 2.24) is 23.9 Å². The Morgan fingerprint density at radius 2 is 2.03 bits per heavy atom. The first kappa shape index (κ1) is 22.6. The minimum atomic E-state index is 0.225. The molecule has 5 rings (SSSR count). The molecule has 4 aromatic rings. The molecule has 3 aromatic heterocycles. The molecule has 0 saturated carbocycles. The molecule has 7 nitrogen and oxygen atoms in total. The van der Waals surface area contributed by atoms with Crippen molar-refractivity contribution in [1.29, 1.82) is 0 Å². The van der Waals surface area contributed by atoms with Crippen molar-refractivity contribution < 1.29 is 4.74 Å². The number of ether oxygens (including phenoxy) is 1. The van der Waals surface area contributed by atoms with Crippen molar-refractivity contribution >= 4 is 45.7 Å². The number of rotatable bonds is 4. The van der Waals surface area contributed by atoms with Gasteiger partial charge in [-0.15, -0.1) is 0 Å². The molecule has 168 valence electrons. The van der Waals surface area contributed by atoms with E-state index in [2.05, 4.69) is 44.7 Å². The van der Waals surface area contributed by atoms with E-state index in [0.29, 0.717) is 22.2 Å². The molecule has 32 heavy (non-hydrogen) atoms. The van der Waals surface area contributed by atoms with Crippen LogP contribution in [0.15, 0.2) is 48.9 Å². The van der Waals surface area contributed by atoms with Gasteiger partial charge in [0.1, 0.15) is 6.10 Å². The second-order valence-corrected chi connectivity index (χ2v) is 8.81. The summed E-state index contributed by atoms with van der Waals surface area (Å²) in [6.45, 7) is 4.23. The summed E-state index contributed by atoms with van der Waals surface area (Å²) >= 11 is 8.20. The van der Waals surface area contributed by atoms with Gasteiger partial charge in [0.2, 0.25) is 5.88 Å². The number of hydrogen-bond donors (Lipinski definition) is 1. The quantitative estimate of drug-likeness (QED) is 0.425. The van der Waals surface area contributed by atoms with Gasteiger partial charge >= 0.3 is 0 Å². The summed E-state index contributed by atoms with van der Waals surface area (Å²) in [6.07, 6.45) is 10.4. The van der Waals surface area contributed by atoms with E-state index in [-0.39, 0.29) is 6.10 Å². The van der Waals surface area contributed by atoms with Gasteiger partial charge in [0.05, 0.1) is 22.3 Å². The van der Waals surface area contributed by atoms with Gasteiger partial charge in [-0.2, -0.15) is 5.10 Å². The number of nitrogen functional groups attached to an aromatic ring is 1. The third kappa shape index (κ3) is 5.09. The number of piperidine rings is 1. The summed E-state index contributed by atoms with van der Waals surface area (Å²) in [5.41, 5.74) is 7.99.